The van der Waals surface area contributed by atoms with Crippen molar-refractivity contribution in [2.75, 3.05) is 0 Å². The van der Waals surface area contributed by atoms with Gasteiger partial charge in [-0.25, -0.2) is 4.98 Å². The minimum atomic E-state index is -1.19. The number of aromatic nitrogens is 1. The molecular formula is C11H11N3O4. The average molecular weight is 249 g/mol. The second-order valence-electron chi connectivity index (χ2n) is 3.90. The lowest BCUT2D eigenvalue weighted by molar-refractivity contribution is -0.389. The number of hydrogen-bond donors (Lipinski definition) is 3. The number of nitrogens with one attached hydrogen (secondary N) is 1. The van der Waals surface area contributed by atoms with Gasteiger partial charge in [-0.1, -0.05) is 18.2 Å². The molecule has 1 aromatic carbocycles. The fourth-order valence-electron chi connectivity index (χ4n) is 1.86. The number of H-pyrrole nitrogens is 1. The third-order valence-electron chi connectivity index (χ3n) is 2.71. The molecule has 2 rings (SSSR count). The standard InChI is InChI=1S/C11H11N3O4/c12-8(11(15)16)5-7-6-3-1-2-4-9(6)13-10(7)14(17)18/h1-4,8,13H,5,12H2,(H,15,16)/t8-/m0/s1. The van der Waals surface area contributed by atoms with Crippen LogP contribution in [0.15, 0.2) is 24.3 Å². The van der Waals surface area contributed by atoms with E-state index in [-0.39, 0.29) is 12.2 Å². The zero-order chi connectivity index (χ0) is 13.3. The molecule has 7 nitrogen and oxygen atoms in total. The van der Waals surface area contributed by atoms with Gasteiger partial charge in [0.2, 0.25) is 0 Å². The van der Waals surface area contributed by atoms with Crippen molar-refractivity contribution in [3.05, 3.63) is 39.9 Å². The van der Waals surface area contributed by atoms with E-state index in [1.807, 2.05) is 0 Å². The van der Waals surface area contributed by atoms with Crippen molar-refractivity contribution in [3.8, 4) is 0 Å². The molecular weight excluding hydrogens is 238 g/mol. The summed E-state index contributed by atoms with van der Waals surface area (Å²) in [6, 6.07) is 5.70. The lowest BCUT2D eigenvalue weighted by Crippen LogP contribution is -2.32. The van der Waals surface area contributed by atoms with Gasteiger partial charge < -0.3 is 21.0 Å². The van der Waals surface area contributed by atoms with E-state index in [9.17, 15) is 14.9 Å². The summed E-state index contributed by atoms with van der Waals surface area (Å²) < 4.78 is 0. The second kappa shape index (κ2) is 4.46. The summed E-state index contributed by atoms with van der Waals surface area (Å²) in [5.74, 6) is -1.39. The van der Waals surface area contributed by atoms with Crippen LogP contribution < -0.4 is 5.73 Å². The van der Waals surface area contributed by atoms with Gasteiger partial charge in [-0.3, -0.25) is 4.79 Å². The van der Waals surface area contributed by atoms with Crippen LogP contribution in [0, 0.1) is 10.1 Å². The molecule has 1 heterocycles. The number of carboxylic acid groups (broad SMARTS) is 1. The first-order valence-corrected chi connectivity index (χ1v) is 5.23. The summed E-state index contributed by atoms with van der Waals surface area (Å²) in [5, 5.41) is 20.3. The molecule has 0 fully saturated rings. The first-order chi connectivity index (χ1) is 8.50. The normalized spacial score (nSPS) is 12.5. The zero-order valence-electron chi connectivity index (χ0n) is 9.29. The predicted octanol–water partition coefficient (Wildman–Crippen LogP) is 1.03. The third kappa shape index (κ3) is 2.03. The molecule has 18 heavy (non-hydrogen) atoms. The molecule has 0 saturated carbocycles. The van der Waals surface area contributed by atoms with Gasteiger partial charge in [0.1, 0.15) is 11.6 Å². The number of nitro groups is 1. The van der Waals surface area contributed by atoms with Crippen LogP contribution in [0.2, 0.25) is 0 Å². The molecule has 1 atom stereocenters. The molecule has 0 aliphatic rings. The molecule has 0 saturated heterocycles. The first kappa shape index (κ1) is 12.1. The Kier molecular flexibility index (Phi) is 2.99. The maximum absolute atomic E-state index is 10.9. The number of carbonyl (C=O) groups is 1. The molecule has 0 bridgehead atoms. The maximum atomic E-state index is 10.9. The number of carboxylic acids is 1. The van der Waals surface area contributed by atoms with Crippen LogP contribution in [-0.4, -0.2) is 27.0 Å². The Hall–Kier alpha value is -2.41. The van der Waals surface area contributed by atoms with Crippen molar-refractivity contribution in [1.29, 1.82) is 0 Å². The number of aromatic amines is 1. The quantitative estimate of drug-likeness (QED) is 0.551. The van der Waals surface area contributed by atoms with Crippen molar-refractivity contribution in [3.63, 3.8) is 0 Å². The van der Waals surface area contributed by atoms with Gasteiger partial charge in [0.15, 0.2) is 0 Å². The Morgan fingerprint density at radius 1 is 1.50 bits per heavy atom. The van der Waals surface area contributed by atoms with E-state index in [2.05, 4.69) is 4.98 Å². The Morgan fingerprint density at radius 3 is 2.78 bits per heavy atom. The third-order valence-corrected chi connectivity index (χ3v) is 2.71. The zero-order valence-corrected chi connectivity index (χ0v) is 9.29. The van der Waals surface area contributed by atoms with E-state index < -0.39 is 16.9 Å². The van der Waals surface area contributed by atoms with Gasteiger partial charge in [0.05, 0.1) is 5.56 Å². The summed E-state index contributed by atoms with van der Waals surface area (Å²) in [6.07, 6.45) is -0.0876. The van der Waals surface area contributed by atoms with Crippen LogP contribution in [0.3, 0.4) is 0 Å². The highest BCUT2D eigenvalue weighted by molar-refractivity contribution is 5.88. The van der Waals surface area contributed by atoms with Crippen LogP contribution in [-0.2, 0) is 11.2 Å². The van der Waals surface area contributed by atoms with Crippen LogP contribution >= 0.6 is 0 Å². The fourth-order valence-corrected chi connectivity index (χ4v) is 1.86. The molecule has 0 aliphatic carbocycles. The monoisotopic (exact) mass is 249 g/mol. The number of nitrogens with zero attached hydrogens (tertiary/aromatic N) is 1. The van der Waals surface area contributed by atoms with Crippen molar-refractivity contribution < 1.29 is 14.8 Å². The molecule has 0 aliphatic heterocycles. The second-order valence-corrected chi connectivity index (χ2v) is 3.90. The molecule has 1 aromatic heterocycles. The number of hydrogen-bond acceptors (Lipinski definition) is 4. The van der Waals surface area contributed by atoms with Crippen LogP contribution in [0.4, 0.5) is 5.82 Å². The Bertz CT molecular complexity index is 620. The number of benzene rings is 1. The van der Waals surface area contributed by atoms with Gasteiger partial charge in [0, 0.05) is 11.8 Å². The molecule has 4 N–H and O–H groups in total. The lowest BCUT2D eigenvalue weighted by Gasteiger charge is -2.05. The van der Waals surface area contributed by atoms with E-state index in [0.29, 0.717) is 16.5 Å². The Labute approximate surface area is 101 Å². The SMILES string of the molecule is N[C@@H](Cc1c([N+](=O)[O-])[nH]c2ccccc12)C(=O)O. The molecule has 94 valence electrons. The van der Waals surface area contributed by atoms with Crippen molar-refractivity contribution >= 4 is 22.7 Å². The average Bonchev–Trinajstić information content (AvgIpc) is 2.68. The maximum Gasteiger partial charge on any atom is 0.325 e. The molecule has 2 aromatic rings. The van der Waals surface area contributed by atoms with E-state index in [4.69, 9.17) is 10.8 Å². The van der Waals surface area contributed by atoms with Crippen molar-refractivity contribution in [2.24, 2.45) is 5.73 Å². The molecule has 0 amide bonds. The number of nitrogens with two attached hydrogens (primary N) is 1. The minimum absolute atomic E-state index is 0.0876. The topological polar surface area (TPSA) is 122 Å². The van der Waals surface area contributed by atoms with E-state index in [0.717, 1.165) is 0 Å². The van der Waals surface area contributed by atoms with Gasteiger partial charge in [-0.2, -0.15) is 0 Å². The first-order valence-electron chi connectivity index (χ1n) is 5.23. The Balaban J connectivity index is 2.55. The number of para-hydroxylation sites is 1. The van der Waals surface area contributed by atoms with E-state index in [1.54, 1.807) is 24.3 Å². The van der Waals surface area contributed by atoms with Gasteiger partial charge in [-0.05, 0) is 11.0 Å². The van der Waals surface area contributed by atoms with Crippen LogP contribution in [0.5, 0.6) is 0 Å². The highest BCUT2D eigenvalue weighted by Gasteiger charge is 2.24. The number of fused-ring (bicyclic) bond motifs is 1. The minimum Gasteiger partial charge on any atom is -0.480 e. The lowest BCUT2D eigenvalue weighted by atomic mass is 10.0. The van der Waals surface area contributed by atoms with Crippen LogP contribution in [0.25, 0.3) is 10.9 Å². The van der Waals surface area contributed by atoms with Gasteiger partial charge in [-0.15, -0.1) is 0 Å². The number of rotatable bonds is 4. The summed E-state index contributed by atoms with van der Waals surface area (Å²) in [4.78, 5) is 23.8. The summed E-state index contributed by atoms with van der Waals surface area (Å²) in [6.45, 7) is 0. The van der Waals surface area contributed by atoms with E-state index >= 15 is 0 Å². The van der Waals surface area contributed by atoms with Crippen LogP contribution in [0.1, 0.15) is 5.56 Å². The highest BCUT2D eigenvalue weighted by Crippen LogP contribution is 2.28. The summed E-state index contributed by atoms with van der Waals surface area (Å²) in [7, 11) is 0. The predicted molar refractivity (Wildman–Crippen MR) is 64.3 cm³/mol. The molecule has 0 spiro atoms. The van der Waals surface area contributed by atoms with Crippen molar-refractivity contribution in [1.82, 2.24) is 4.98 Å². The summed E-state index contributed by atoms with van der Waals surface area (Å²) in [5.41, 5.74) is 6.35. The Morgan fingerprint density at radius 2 is 2.17 bits per heavy atom. The molecule has 0 unspecified atom stereocenters. The van der Waals surface area contributed by atoms with Gasteiger partial charge >= 0.3 is 11.8 Å². The van der Waals surface area contributed by atoms with Gasteiger partial charge in [0.25, 0.3) is 0 Å². The largest absolute Gasteiger partial charge is 0.480 e. The fraction of sp³-hybridized carbons (Fsp3) is 0.182. The highest BCUT2D eigenvalue weighted by atomic mass is 16.6. The number of aliphatic carboxylic acids is 1. The van der Waals surface area contributed by atoms with Crippen molar-refractivity contribution in [2.45, 2.75) is 12.5 Å². The van der Waals surface area contributed by atoms with E-state index in [1.165, 1.54) is 0 Å². The smallest absolute Gasteiger partial charge is 0.325 e. The summed E-state index contributed by atoms with van der Waals surface area (Å²) >= 11 is 0. The molecule has 7 heteroatoms. The molecule has 0 radical (unpaired) electrons.